The van der Waals surface area contributed by atoms with Gasteiger partial charge in [-0.1, -0.05) is 18.2 Å². The first-order chi connectivity index (χ1) is 16.0. The van der Waals surface area contributed by atoms with Crippen LogP contribution < -0.4 is 19.5 Å². The first-order valence-electron chi connectivity index (χ1n) is 10.8. The molecule has 1 aliphatic rings. The van der Waals surface area contributed by atoms with Gasteiger partial charge in [-0.2, -0.15) is 0 Å². The van der Waals surface area contributed by atoms with E-state index in [1.54, 1.807) is 52.7 Å². The molecular formula is C25H31N3O5. The molecule has 1 N–H and O–H groups in total. The number of nitrogens with one attached hydrogen (secondary N) is 1. The molecule has 2 aromatic carbocycles. The average molecular weight is 454 g/mol. The van der Waals surface area contributed by atoms with Crippen molar-refractivity contribution in [1.82, 2.24) is 15.1 Å². The number of ether oxygens (including phenoxy) is 3. The number of nitrogens with zero attached hydrogens (tertiary/aromatic N) is 2. The maximum absolute atomic E-state index is 12.6. The summed E-state index contributed by atoms with van der Waals surface area (Å²) in [6.07, 6.45) is 3.36. The van der Waals surface area contributed by atoms with Gasteiger partial charge in [-0.25, -0.2) is 0 Å². The smallest absolute Gasteiger partial charge is 0.251 e. The Morgan fingerprint density at radius 3 is 2.15 bits per heavy atom. The van der Waals surface area contributed by atoms with Crippen LogP contribution in [0.25, 0.3) is 6.08 Å². The molecule has 0 spiro atoms. The van der Waals surface area contributed by atoms with Gasteiger partial charge >= 0.3 is 0 Å². The quantitative estimate of drug-likeness (QED) is 0.619. The van der Waals surface area contributed by atoms with Crippen LogP contribution in [0.15, 0.2) is 42.5 Å². The highest BCUT2D eigenvalue weighted by Gasteiger charge is 2.22. The second kappa shape index (κ2) is 11.4. The van der Waals surface area contributed by atoms with Gasteiger partial charge in [0.1, 0.15) is 0 Å². The van der Waals surface area contributed by atoms with Gasteiger partial charge in [0.2, 0.25) is 11.7 Å². The second-order valence-corrected chi connectivity index (χ2v) is 7.63. The molecule has 0 aliphatic carbocycles. The summed E-state index contributed by atoms with van der Waals surface area (Å²) >= 11 is 0. The van der Waals surface area contributed by atoms with Gasteiger partial charge < -0.3 is 24.4 Å². The minimum atomic E-state index is -0.134. The van der Waals surface area contributed by atoms with E-state index in [9.17, 15) is 9.59 Å². The molecule has 1 fully saturated rings. The van der Waals surface area contributed by atoms with Crippen molar-refractivity contribution in [1.29, 1.82) is 0 Å². The topological polar surface area (TPSA) is 80.3 Å². The molecular weight excluding hydrogens is 422 g/mol. The number of piperazine rings is 1. The Kier molecular flexibility index (Phi) is 8.32. The Hall–Kier alpha value is -3.52. The summed E-state index contributed by atoms with van der Waals surface area (Å²) in [6, 6.07) is 11.0. The SMILES string of the molecule is CNC(=O)c1ccc(/C=C/C(=O)N2CCN(Cc3ccc(OC)c(OC)c3OC)CC2)cc1. The van der Waals surface area contributed by atoms with Gasteiger partial charge in [0.15, 0.2) is 11.5 Å². The van der Waals surface area contributed by atoms with E-state index >= 15 is 0 Å². The van der Waals surface area contributed by atoms with Crippen molar-refractivity contribution in [3.63, 3.8) is 0 Å². The maximum atomic E-state index is 12.6. The summed E-state index contributed by atoms with van der Waals surface area (Å²) in [7, 11) is 6.41. The van der Waals surface area contributed by atoms with Crippen molar-refractivity contribution in [3.05, 3.63) is 59.2 Å². The van der Waals surface area contributed by atoms with Gasteiger partial charge in [0.05, 0.1) is 21.3 Å². The first-order valence-corrected chi connectivity index (χ1v) is 10.8. The summed E-state index contributed by atoms with van der Waals surface area (Å²) < 4.78 is 16.4. The average Bonchev–Trinajstić information content (AvgIpc) is 2.87. The minimum Gasteiger partial charge on any atom is -0.493 e. The number of rotatable bonds is 8. The molecule has 0 bridgehead atoms. The molecule has 0 atom stereocenters. The third-order valence-electron chi connectivity index (χ3n) is 5.68. The molecule has 2 aromatic rings. The number of benzene rings is 2. The zero-order chi connectivity index (χ0) is 23.8. The number of methoxy groups -OCH3 is 3. The molecule has 3 rings (SSSR count). The van der Waals surface area contributed by atoms with Gasteiger partial charge in [0, 0.05) is 57.0 Å². The van der Waals surface area contributed by atoms with Crippen molar-refractivity contribution < 1.29 is 23.8 Å². The molecule has 8 nitrogen and oxygen atoms in total. The Balaban J connectivity index is 1.56. The van der Waals surface area contributed by atoms with Crippen molar-refractivity contribution in [3.8, 4) is 17.2 Å². The molecule has 0 aromatic heterocycles. The Labute approximate surface area is 194 Å². The van der Waals surface area contributed by atoms with Crippen LogP contribution in [-0.4, -0.2) is 76.2 Å². The number of hydrogen-bond acceptors (Lipinski definition) is 6. The largest absolute Gasteiger partial charge is 0.493 e. The summed E-state index contributed by atoms with van der Waals surface area (Å²) in [6.45, 7) is 3.51. The van der Waals surface area contributed by atoms with Crippen molar-refractivity contribution in [2.24, 2.45) is 0 Å². The summed E-state index contributed by atoms with van der Waals surface area (Å²) in [5.74, 6) is 1.73. The lowest BCUT2D eigenvalue weighted by atomic mass is 10.1. The van der Waals surface area contributed by atoms with E-state index in [0.717, 1.165) is 24.2 Å². The Bertz CT molecular complexity index is 996. The minimum absolute atomic E-state index is 0.0197. The van der Waals surface area contributed by atoms with E-state index in [0.29, 0.717) is 42.4 Å². The molecule has 33 heavy (non-hydrogen) atoms. The summed E-state index contributed by atoms with van der Waals surface area (Å²) in [4.78, 5) is 28.4. The lowest BCUT2D eigenvalue weighted by Crippen LogP contribution is -2.47. The summed E-state index contributed by atoms with van der Waals surface area (Å²) in [5.41, 5.74) is 2.47. The third-order valence-corrected chi connectivity index (χ3v) is 5.68. The fraction of sp³-hybridized carbons (Fsp3) is 0.360. The molecule has 1 saturated heterocycles. The molecule has 1 heterocycles. The van der Waals surface area contributed by atoms with Gasteiger partial charge in [-0.15, -0.1) is 0 Å². The van der Waals surface area contributed by atoms with Crippen LogP contribution in [0.3, 0.4) is 0 Å². The molecule has 176 valence electrons. The van der Waals surface area contributed by atoms with Crippen LogP contribution >= 0.6 is 0 Å². The Morgan fingerprint density at radius 2 is 1.58 bits per heavy atom. The lowest BCUT2D eigenvalue weighted by molar-refractivity contribution is -0.127. The first kappa shape index (κ1) is 24.1. The van der Waals surface area contributed by atoms with Crippen molar-refractivity contribution in [2.75, 3.05) is 54.6 Å². The summed E-state index contributed by atoms with van der Waals surface area (Å²) in [5, 5.41) is 2.59. The molecule has 1 aliphatic heterocycles. The van der Waals surface area contributed by atoms with E-state index in [-0.39, 0.29) is 11.8 Å². The van der Waals surface area contributed by atoms with Crippen LogP contribution in [0.4, 0.5) is 0 Å². The van der Waals surface area contributed by atoms with E-state index in [2.05, 4.69) is 10.2 Å². The number of carbonyl (C=O) groups is 2. The second-order valence-electron chi connectivity index (χ2n) is 7.63. The molecule has 0 saturated carbocycles. The van der Waals surface area contributed by atoms with E-state index < -0.39 is 0 Å². The lowest BCUT2D eigenvalue weighted by Gasteiger charge is -2.34. The third kappa shape index (κ3) is 5.84. The van der Waals surface area contributed by atoms with Crippen LogP contribution in [0.1, 0.15) is 21.5 Å². The van der Waals surface area contributed by atoms with Crippen molar-refractivity contribution in [2.45, 2.75) is 6.54 Å². The van der Waals surface area contributed by atoms with Crippen LogP contribution in [-0.2, 0) is 11.3 Å². The fourth-order valence-corrected chi connectivity index (χ4v) is 3.82. The molecule has 0 radical (unpaired) electrons. The molecule has 0 unspecified atom stereocenters. The zero-order valence-corrected chi connectivity index (χ0v) is 19.6. The van der Waals surface area contributed by atoms with Gasteiger partial charge in [-0.05, 0) is 29.8 Å². The molecule has 2 amide bonds. The highest BCUT2D eigenvalue weighted by atomic mass is 16.5. The zero-order valence-electron chi connectivity index (χ0n) is 19.6. The van der Waals surface area contributed by atoms with Gasteiger partial charge in [-0.3, -0.25) is 14.5 Å². The van der Waals surface area contributed by atoms with E-state index in [4.69, 9.17) is 14.2 Å². The highest BCUT2D eigenvalue weighted by Crippen LogP contribution is 2.40. The van der Waals surface area contributed by atoms with Gasteiger partial charge in [0.25, 0.3) is 5.91 Å². The fourth-order valence-electron chi connectivity index (χ4n) is 3.82. The predicted molar refractivity (Wildman–Crippen MR) is 127 cm³/mol. The van der Waals surface area contributed by atoms with E-state index in [1.165, 1.54) is 0 Å². The number of amides is 2. The van der Waals surface area contributed by atoms with Crippen LogP contribution in [0.5, 0.6) is 17.2 Å². The van der Waals surface area contributed by atoms with Crippen molar-refractivity contribution >= 4 is 17.9 Å². The predicted octanol–water partition coefficient (Wildman–Crippen LogP) is 2.43. The van der Waals surface area contributed by atoms with Crippen LogP contribution in [0.2, 0.25) is 0 Å². The maximum Gasteiger partial charge on any atom is 0.251 e. The highest BCUT2D eigenvalue weighted by molar-refractivity contribution is 5.94. The normalized spacial score (nSPS) is 14.2. The van der Waals surface area contributed by atoms with Crippen LogP contribution in [0, 0.1) is 0 Å². The number of hydrogen-bond donors (Lipinski definition) is 1. The standard InChI is InChI=1S/C25H31N3O5/c1-26-25(30)19-8-5-18(6-9-19)7-12-22(29)28-15-13-27(14-16-28)17-20-10-11-21(31-2)24(33-4)23(20)32-3/h5-12H,13-17H2,1-4H3,(H,26,30)/b12-7+. The molecule has 8 heteroatoms. The monoisotopic (exact) mass is 453 g/mol. The number of carbonyl (C=O) groups excluding carboxylic acids is 2. The van der Waals surface area contributed by atoms with E-state index in [1.807, 2.05) is 29.2 Å². The Morgan fingerprint density at radius 1 is 0.909 bits per heavy atom.